The fraction of sp³-hybridized carbons (Fsp3) is 0.143. The van der Waals surface area contributed by atoms with Crippen molar-refractivity contribution < 1.29 is 9.90 Å². The molecule has 0 bridgehead atoms. The standard InChI is InChI=1S/C14H13NO2S/c1-2-18-12-6-3-10(4-7-12)13-8-5-11(9-15-13)14(16)17/h3-9H,2H2,1H3,(H,16,17). The van der Waals surface area contributed by atoms with Crippen LogP contribution in [0.4, 0.5) is 0 Å². The van der Waals surface area contributed by atoms with Crippen LogP contribution in [0.2, 0.25) is 0 Å². The minimum absolute atomic E-state index is 0.205. The van der Waals surface area contributed by atoms with E-state index in [9.17, 15) is 4.79 Å². The van der Waals surface area contributed by atoms with Crippen LogP contribution in [0.25, 0.3) is 11.3 Å². The predicted molar refractivity (Wildman–Crippen MR) is 73.0 cm³/mol. The van der Waals surface area contributed by atoms with Crippen molar-refractivity contribution in [3.63, 3.8) is 0 Å². The number of carboxylic acid groups (broad SMARTS) is 1. The summed E-state index contributed by atoms with van der Waals surface area (Å²) >= 11 is 1.79. The molecule has 0 aliphatic rings. The lowest BCUT2D eigenvalue weighted by molar-refractivity contribution is 0.0696. The molecule has 1 N–H and O–H groups in total. The number of hydrogen-bond acceptors (Lipinski definition) is 3. The van der Waals surface area contributed by atoms with Crippen LogP contribution < -0.4 is 0 Å². The van der Waals surface area contributed by atoms with Crippen molar-refractivity contribution in [1.29, 1.82) is 0 Å². The van der Waals surface area contributed by atoms with E-state index in [2.05, 4.69) is 24.0 Å². The van der Waals surface area contributed by atoms with Gasteiger partial charge in [-0.25, -0.2) is 4.79 Å². The Morgan fingerprint density at radius 2 is 1.94 bits per heavy atom. The maximum absolute atomic E-state index is 10.7. The number of rotatable bonds is 4. The number of carbonyl (C=O) groups is 1. The largest absolute Gasteiger partial charge is 0.478 e. The average molecular weight is 259 g/mol. The normalized spacial score (nSPS) is 10.3. The summed E-state index contributed by atoms with van der Waals surface area (Å²) < 4.78 is 0. The number of aromatic carboxylic acids is 1. The van der Waals surface area contributed by atoms with Crippen molar-refractivity contribution in [1.82, 2.24) is 4.98 Å². The van der Waals surface area contributed by atoms with Gasteiger partial charge in [-0.2, -0.15) is 0 Å². The molecule has 92 valence electrons. The highest BCUT2D eigenvalue weighted by Gasteiger charge is 2.04. The van der Waals surface area contributed by atoms with Gasteiger partial charge in [-0.1, -0.05) is 19.1 Å². The van der Waals surface area contributed by atoms with Crippen LogP contribution in [0.1, 0.15) is 17.3 Å². The number of thioether (sulfide) groups is 1. The van der Waals surface area contributed by atoms with Gasteiger partial charge in [0.1, 0.15) is 0 Å². The van der Waals surface area contributed by atoms with Crippen molar-refractivity contribution in [2.24, 2.45) is 0 Å². The Labute approximate surface area is 110 Å². The van der Waals surface area contributed by atoms with E-state index in [0.717, 1.165) is 17.0 Å². The molecule has 0 aliphatic heterocycles. The topological polar surface area (TPSA) is 50.2 Å². The van der Waals surface area contributed by atoms with E-state index in [-0.39, 0.29) is 5.56 Å². The van der Waals surface area contributed by atoms with E-state index in [0.29, 0.717) is 0 Å². The molecule has 1 aromatic carbocycles. The maximum atomic E-state index is 10.7. The first-order chi connectivity index (χ1) is 8.70. The Morgan fingerprint density at radius 1 is 1.22 bits per heavy atom. The van der Waals surface area contributed by atoms with Gasteiger partial charge in [0.25, 0.3) is 0 Å². The maximum Gasteiger partial charge on any atom is 0.337 e. The van der Waals surface area contributed by atoms with Gasteiger partial charge in [-0.05, 0) is 30.0 Å². The Hall–Kier alpha value is -1.81. The molecular formula is C14H13NO2S. The fourth-order valence-corrected chi connectivity index (χ4v) is 2.24. The van der Waals surface area contributed by atoms with Crippen LogP contribution in [0, 0.1) is 0 Å². The molecule has 0 saturated heterocycles. The molecule has 0 unspecified atom stereocenters. The van der Waals surface area contributed by atoms with Gasteiger partial charge < -0.3 is 5.11 Å². The molecule has 2 rings (SSSR count). The molecule has 3 nitrogen and oxygen atoms in total. The molecule has 0 atom stereocenters. The van der Waals surface area contributed by atoms with Crippen LogP contribution in [0.3, 0.4) is 0 Å². The third-order valence-electron chi connectivity index (χ3n) is 2.47. The first kappa shape index (κ1) is 12.6. The van der Waals surface area contributed by atoms with Crippen molar-refractivity contribution in [3.05, 3.63) is 48.2 Å². The molecule has 0 aliphatic carbocycles. The van der Waals surface area contributed by atoms with Crippen molar-refractivity contribution >= 4 is 17.7 Å². The monoisotopic (exact) mass is 259 g/mol. The summed E-state index contributed by atoms with van der Waals surface area (Å²) in [7, 11) is 0. The molecule has 2 aromatic rings. The molecule has 0 amide bonds. The quantitative estimate of drug-likeness (QED) is 0.853. The van der Waals surface area contributed by atoms with Gasteiger partial charge in [0, 0.05) is 16.7 Å². The Balaban J connectivity index is 2.23. The summed E-state index contributed by atoms with van der Waals surface area (Å²) in [6.07, 6.45) is 1.38. The van der Waals surface area contributed by atoms with E-state index in [1.807, 2.05) is 12.1 Å². The van der Waals surface area contributed by atoms with E-state index in [1.165, 1.54) is 11.1 Å². The molecular weight excluding hydrogens is 246 g/mol. The molecule has 0 radical (unpaired) electrons. The molecule has 4 heteroatoms. The van der Waals surface area contributed by atoms with Crippen LogP contribution in [0.15, 0.2) is 47.5 Å². The molecule has 1 heterocycles. The van der Waals surface area contributed by atoms with Gasteiger partial charge in [0.2, 0.25) is 0 Å². The van der Waals surface area contributed by atoms with Gasteiger partial charge in [-0.15, -0.1) is 11.8 Å². The van der Waals surface area contributed by atoms with Crippen LogP contribution in [-0.4, -0.2) is 21.8 Å². The summed E-state index contributed by atoms with van der Waals surface area (Å²) in [5, 5.41) is 8.80. The van der Waals surface area contributed by atoms with Crippen LogP contribution >= 0.6 is 11.8 Å². The van der Waals surface area contributed by atoms with Crippen molar-refractivity contribution in [3.8, 4) is 11.3 Å². The summed E-state index contributed by atoms with van der Waals surface area (Å²) in [5.74, 6) is 0.0917. The lowest BCUT2D eigenvalue weighted by Gasteiger charge is -2.03. The minimum atomic E-state index is -0.955. The minimum Gasteiger partial charge on any atom is -0.478 e. The van der Waals surface area contributed by atoms with Gasteiger partial charge >= 0.3 is 5.97 Å². The first-order valence-electron chi connectivity index (χ1n) is 5.63. The van der Waals surface area contributed by atoms with Gasteiger partial charge in [-0.3, -0.25) is 4.98 Å². The zero-order valence-corrected chi connectivity index (χ0v) is 10.8. The number of pyridine rings is 1. The second-order valence-corrected chi connectivity index (χ2v) is 5.03. The summed E-state index contributed by atoms with van der Waals surface area (Å²) in [6, 6.07) is 11.4. The Kier molecular flexibility index (Phi) is 3.99. The molecule has 1 aromatic heterocycles. The van der Waals surface area contributed by atoms with Crippen LogP contribution in [0.5, 0.6) is 0 Å². The average Bonchev–Trinajstić information content (AvgIpc) is 2.40. The third-order valence-corrected chi connectivity index (χ3v) is 3.37. The highest BCUT2D eigenvalue weighted by atomic mass is 32.2. The van der Waals surface area contributed by atoms with Crippen molar-refractivity contribution in [2.45, 2.75) is 11.8 Å². The summed E-state index contributed by atoms with van der Waals surface area (Å²) in [4.78, 5) is 16.1. The van der Waals surface area contributed by atoms with E-state index in [4.69, 9.17) is 5.11 Å². The molecule has 0 fully saturated rings. The number of nitrogens with zero attached hydrogens (tertiary/aromatic N) is 1. The zero-order chi connectivity index (χ0) is 13.0. The predicted octanol–water partition coefficient (Wildman–Crippen LogP) is 3.56. The van der Waals surface area contributed by atoms with E-state index in [1.54, 1.807) is 23.9 Å². The number of carboxylic acids is 1. The SMILES string of the molecule is CCSc1ccc(-c2ccc(C(=O)O)cn2)cc1. The second kappa shape index (κ2) is 5.69. The first-order valence-corrected chi connectivity index (χ1v) is 6.62. The zero-order valence-electron chi connectivity index (χ0n) is 9.96. The van der Waals surface area contributed by atoms with Crippen LogP contribution in [-0.2, 0) is 0 Å². The lowest BCUT2D eigenvalue weighted by atomic mass is 10.1. The Bertz CT molecular complexity index is 535. The molecule has 18 heavy (non-hydrogen) atoms. The summed E-state index contributed by atoms with van der Waals surface area (Å²) in [6.45, 7) is 2.12. The molecule has 0 spiro atoms. The number of aromatic nitrogens is 1. The van der Waals surface area contributed by atoms with Gasteiger partial charge in [0.15, 0.2) is 0 Å². The smallest absolute Gasteiger partial charge is 0.337 e. The fourth-order valence-electron chi connectivity index (χ4n) is 1.58. The third kappa shape index (κ3) is 2.90. The highest BCUT2D eigenvalue weighted by molar-refractivity contribution is 7.99. The summed E-state index contributed by atoms with van der Waals surface area (Å²) in [5.41, 5.74) is 1.98. The highest BCUT2D eigenvalue weighted by Crippen LogP contribution is 2.22. The molecule has 0 saturated carbocycles. The second-order valence-electron chi connectivity index (χ2n) is 3.69. The van der Waals surface area contributed by atoms with E-state index < -0.39 is 5.97 Å². The van der Waals surface area contributed by atoms with Gasteiger partial charge in [0.05, 0.1) is 11.3 Å². The lowest BCUT2D eigenvalue weighted by Crippen LogP contribution is -1.96. The van der Waals surface area contributed by atoms with E-state index >= 15 is 0 Å². The number of hydrogen-bond donors (Lipinski definition) is 1. The Morgan fingerprint density at radius 3 is 2.44 bits per heavy atom. The van der Waals surface area contributed by atoms with Crippen molar-refractivity contribution in [2.75, 3.05) is 5.75 Å². The number of benzene rings is 1.